The molecule has 1 rings (SSSR count). The van der Waals surface area contributed by atoms with Crippen molar-refractivity contribution >= 4 is 34.8 Å². The third-order valence-electron chi connectivity index (χ3n) is 1.76. The van der Waals surface area contributed by atoms with Crippen molar-refractivity contribution in [3.63, 3.8) is 0 Å². The molecule has 0 heterocycles. The van der Waals surface area contributed by atoms with Gasteiger partial charge in [0.25, 0.3) is 0 Å². The maximum atomic E-state index is 8.76. The highest BCUT2D eigenvalue weighted by atomic mass is 35.5. The summed E-state index contributed by atoms with van der Waals surface area (Å²) in [5.41, 5.74) is 0.790. The van der Waals surface area contributed by atoms with Gasteiger partial charge in [0.2, 0.25) is 0 Å². The third kappa shape index (κ3) is 3.06. The molecule has 0 aliphatic rings. The molecule has 1 aromatic rings. The number of nitriles is 1. The standard InChI is InChI=1S/C10H8Cl3N/c1-10(13,6-14)5-7-4-8(11)2-3-9(7)12/h2-4H,5H2,1H3. The van der Waals surface area contributed by atoms with Crippen LogP contribution in [0.2, 0.25) is 10.0 Å². The van der Waals surface area contributed by atoms with Crippen molar-refractivity contribution in [2.75, 3.05) is 0 Å². The smallest absolute Gasteiger partial charge is 0.132 e. The maximum absolute atomic E-state index is 8.76. The SMILES string of the molecule is CC(Cl)(C#N)Cc1cc(Cl)ccc1Cl. The topological polar surface area (TPSA) is 23.8 Å². The van der Waals surface area contributed by atoms with Crippen LogP contribution in [0.5, 0.6) is 0 Å². The second-order valence-corrected chi connectivity index (χ2v) is 4.90. The third-order valence-corrected chi connectivity index (χ3v) is 2.59. The molecule has 1 aromatic carbocycles. The van der Waals surface area contributed by atoms with Gasteiger partial charge in [0.15, 0.2) is 0 Å². The lowest BCUT2D eigenvalue weighted by Gasteiger charge is -2.13. The van der Waals surface area contributed by atoms with E-state index in [-0.39, 0.29) is 0 Å². The number of rotatable bonds is 2. The van der Waals surface area contributed by atoms with Crippen molar-refractivity contribution in [1.82, 2.24) is 0 Å². The molecule has 0 spiro atoms. The molecule has 0 saturated heterocycles. The van der Waals surface area contributed by atoms with Gasteiger partial charge in [-0.15, -0.1) is 11.6 Å². The van der Waals surface area contributed by atoms with E-state index in [1.807, 2.05) is 6.07 Å². The molecule has 1 nitrogen and oxygen atoms in total. The molecule has 0 aliphatic carbocycles. The first-order chi connectivity index (χ1) is 6.44. The van der Waals surface area contributed by atoms with E-state index in [1.165, 1.54) is 0 Å². The molecule has 14 heavy (non-hydrogen) atoms. The van der Waals surface area contributed by atoms with Gasteiger partial charge < -0.3 is 0 Å². The molecule has 4 heteroatoms. The van der Waals surface area contributed by atoms with Gasteiger partial charge in [-0.3, -0.25) is 0 Å². The van der Waals surface area contributed by atoms with Gasteiger partial charge in [0, 0.05) is 16.5 Å². The van der Waals surface area contributed by atoms with Crippen LogP contribution in [-0.4, -0.2) is 4.87 Å². The van der Waals surface area contributed by atoms with Crippen LogP contribution < -0.4 is 0 Å². The van der Waals surface area contributed by atoms with E-state index in [2.05, 4.69) is 0 Å². The molecule has 74 valence electrons. The number of benzene rings is 1. The summed E-state index contributed by atoms with van der Waals surface area (Å²) in [6, 6.07) is 7.12. The second-order valence-electron chi connectivity index (χ2n) is 3.22. The molecule has 0 bridgehead atoms. The van der Waals surface area contributed by atoms with Crippen molar-refractivity contribution in [2.24, 2.45) is 0 Å². The first kappa shape index (κ1) is 11.7. The van der Waals surface area contributed by atoms with Crippen molar-refractivity contribution in [1.29, 1.82) is 5.26 Å². The fraction of sp³-hybridized carbons (Fsp3) is 0.300. The fourth-order valence-electron chi connectivity index (χ4n) is 1.08. The average Bonchev–Trinajstić information content (AvgIpc) is 2.11. The van der Waals surface area contributed by atoms with Crippen molar-refractivity contribution < 1.29 is 0 Å². The highest BCUT2D eigenvalue weighted by Gasteiger charge is 2.21. The Hall–Kier alpha value is -0.420. The van der Waals surface area contributed by atoms with Crippen LogP contribution in [0.4, 0.5) is 0 Å². The Morgan fingerprint density at radius 2 is 2.07 bits per heavy atom. The van der Waals surface area contributed by atoms with E-state index in [1.54, 1.807) is 25.1 Å². The number of nitrogens with zero attached hydrogens (tertiary/aromatic N) is 1. The Labute approximate surface area is 98.2 Å². The van der Waals surface area contributed by atoms with Crippen LogP contribution >= 0.6 is 34.8 Å². The number of alkyl halides is 1. The lowest BCUT2D eigenvalue weighted by Crippen LogP contribution is -2.16. The first-order valence-corrected chi connectivity index (χ1v) is 5.12. The minimum atomic E-state index is -0.936. The molecule has 0 N–H and O–H groups in total. The van der Waals surface area contributed by atoms with Crippen LogP contribution in [0.1, 0.15) is 12.5 Å². The number of hydrogen-bond acceptors (Lipinski definition) is 1. The van der Waals surface area contributed by atoms with Gasteiger partial charge in [-0.25, -0.2) is 0 Å². The van der Waals surface area contributed by atoms with Gasteiger partial charge >= 0.3 is 0 Å². The van der Waals surface area contributed by atoms with E-state index < -0.39 is 4.87 Å². The zero-order valence-electron chi connectivity index (χ0n) is 7.52. The summed E-state index contributed by atoms with van der Waals surface area (Å²) in [5, 5.41) is 9.93. The second kappa shape index (κ2) is 4.40. The maximum Gasteiger partial charge on any atom is 0.132 e. The molecule has 1 atom stereocenters. The number of hydrogen-bond donors (Lipinski definition) is 0. The molecule has 0 fully saturated rings. The van der Waals surface area contributed by atoms with E-state index in [9.17, 15) is 0 Å². The predicted octanol–water partition coefficient (Wildman–Crippen LogP) is 4.06. The summed E-state index contributed by atoms with van der Waals surface area (Å²) in [6.45, 7) is 1.64. The Morgan fingerprint density at radius 3 is 2.64 bits per heavy atom. The Bertz CT molecular complexity index is 379. The summed E-state index contributed by atoms with van der Waals surface area (Å²) >= 11 is 17.7. The first-order valence-electron chi connectivity index (χ1n) is 3.99. The predicted molar refractivity (Wildman–Crippen MR) is 60.0 cm³/mol. The Kier molecular flexibility index (Phi) is 3.66. The molecular weight excluding hydrogens is 240 g/mol. The average molecular weight is 249 g/mol. The fourth-order valence-corrected chi connectivity index (χ4v) is 1.60. The highest BCUT2D eigenvalue weighted by Crippen LogP contribution is 2.27. The summed E-state index contributed by atoms with van der Waals surface area (Å²) in [5.74, 6) is 0. The summed E-state index contributed by atoms with van der Waals surface area (Å²) in [4.78, 5) is -0.936. The van der Waals surface area contributed by atoms with Gasteiger partial charge in [-0.1, -0.05) is 23.2 Å². The minimum absolute atomic E-state index is 0.379. The summed E-state index contributed by atoms with van der Waals surface area (Å²) in [6.07, 6.45) is 0.379. The lowest BCUT2D eigenvalue weighted by atomic mass is 10.0. The van der Waals surface area contributed by atoms with Gasteiger partial charge in [-0.05, 0) is 30.7 Å². The summed E-state index contributed by atoms with van der Waals surface area (Å²) in [7, 11) is 0. The molecule has 0 amide bonds. The number of halogens is 3. The van der Waals surface area contributed by atoms with E-state index in [4.69, 9.17) is 40.1 Å². The lowest BCUT2D eigenvalue weighted by molar-refractivity contribution is 0.783. The Balaban J connectivity index is 2.98. The molecule has 1 unspecified atom stereocenters. The van der Waals surface area contributed by atoms with Crippen LogP contribution in [0.25, 0.3) is 0 Å². The molecule has 0 saturated carbocycles. The molecule has 0 aliphatic heterocycles. The summed E-state index contributed by atoms with van der Waals surface area (Å²) < 4.78 is 0. The van der Waals surface area contributed by atoms with Crippen LogP contribution in [0, 0.1) is 11.3 Å². The van der Waals surface area contributed by atoms with Crippen LogP contribution in [-0.2, 0) is 6.42 Å². The zero-order valence-corrected chi connectivity index (χ0v) is 9.79. The van der Waals surface area contributed by atoms with Crippen LogP contribution in [0.15, 0.2) is 18.2 Å². The molecule has 0 radical (unpaired) electrons. The normalized spacial score (nSPS) is 14.5. The quantitative estimate of drug-likeness (QED) is 0.724. The van der Waals surface area contributed by atoms with Crippen LogP contribution in [0.3, 0.4) is 0 Å². The minimum Gasteiger partial charge on any atom is -0.196 e. The zero-order chi connectivity index (χ0) is 10.8. The molecular formula is C10H8Cl3N. The van der Waals surface area contributed by atoms with E-state index in [0.29, 0.717) is 16.5 Å². The van der Waals surface area contributed by atoms with Gasteiger partial charge in [0.05, 0.1) is 6.07 Å². The highest BCUT2D eigenvalue weighted by molar-refractivity contribution is 6.33. The van der Waals surface area contributed by atoms with E-state index in [0.717, 1.165) is 5.56 Å². The Morgan fingerprint density at radius 1 is 1.43 bits per heavy atom. The van der Waals surface area contributed by atoms with Crippen molar-refractivity contribution in [3.05, 3.63) is 33.8 Å². The van der Waals surface area contributed by atoms with Gasteiger partial charge in [0.1, 0.15) is 4.87 Å². The van der Waals surface area contributed by atoms with Crippen molar-refractivity contribution in [3.8, 4) is 6.07 Å². The largest absolute Gasteiger partial charge is 0.196 e. The molecule has 0 aromatic heterocycles. The van der Waals surface area contributed by atoms with Crippen molar-refractivity contribution in [2.45, 2.75) is 18.2 Å². The monoisotopic (exact) mass is 247 g/mol. The van der Waals surface area contributed by atoms with E-state index >= 15 is 0 Å². The van der Waals surface area contributed by atoms with Gasteiger partial charge in [-0.2, -0.15) is 5.26 Å².